The Kier molecular flexibility index (Phi) is 4.57. The first-order valence-corrected chi connectivity index (χ1v) is 9.30. The zero-order valence-electron chi connectivity index (χ0n) is 14.5. The summed E-state index contributed by atoms with van der Waals surface area (Å²) in [5.41, 5.74) is 3.69. The van der Waals surface area contributed by atoms with E-state index in [1.807, 2.05) is 12.1 Å². The Balaban J connectivity index is 1.28. The van der Waals surface area contributed by atoms with Gasteiger partial charge in [0.15, 0.2) is 0 Å². The van der Waals surface area contributed by atoms with Crippen molar-refractivity contribution in [3.05, 3.63) is 71.3 Å². The summed E-state index contributed by atoms with van der Waals surface area (Å²) in [7, 11) is 0. The van der Waals surface area contributed by atoms with Gasteiger partial charge in [0.1, 0.15) is 0 Å². The SMILES string of the molecule is N#Cc1ccc(CNC2(CN[C@H]3C[C@@H]3c3ccccc3)CCC2)cc1. The molecule has 2 aromatic rings. The van der Waals surface area contributed by atoms with E-state index in [-0.39, 0.29) is 5.54 Å². The number of nitriles is 1. The van der Waals surface area contributed by atoms with E-state index in [4.69, 9.17) is 5.26 Å². The van der Waals surface area contributed by atoms with Crippen LogP contribution < -0.4 is 10.6 Å². The van der Waals surface area contributed by atoms with Crippen molar-refractivity contribution < 1.29 is 0 Å². The summed E-state index contributed by atoms with van der Waals surface area (Å²) in [6.45, 7) is 1.93. The predicted molar refractivity (Wildman–Crippen MR) is 100 cm³/mol. The summed E-state index contributed by atoms with van der Waals surface area (Å²) in [4.78, 5) is 0. The zero-order chi connectivity index (χ0) is 17.1. The minimum absolute atomic E-state index is 0.248. The van der Waals surface area contributed by atoms with Gasteiger partial charge in [-0.05, 0) is 48.9 Å². The molecule has 3 heteroatoms. The van der Waals surface area contributed by atoms with Crippen molar-refractivity contribution in [3.63, 3.8) is 0 Å². The minimum atomic E-state index is 0.248. The van der Waals surface area contributed by atoms with E-state index in [1.165, 1.54) is 36.8 Å². The first-order chi connectivity index (χ1) is 12.3. The average molecular weight is 331 g/mol. The monoisotopic (exact) mass is 331 g/mol. The van der Waals surface area contributed by atoms with Gasteiger partial charge < -0.3 is 10.6 Å². The molecule has 0 radical (unpaired) electrons. The summed E-state index contributed by atoms with van der Waals surface area (Å²) in [5, 5.41) is 16.5. The molecule has 25 heavy (non-hydrogen) atoms. The second-order valence-electron chi connectivity index (χ2n) is 7.54. The Morgan fingerprint density at radius 2 is 1.80 bits per heavy atom. The largest absolute Gasteiger partial charge is 0.312 e. The molecule has 4 rings (SSSR count). The predicted octanol–water partition coefficient (Wildman–Crippen LogP) is 3.72. The van der Waals surface area contributed by atoms with Gasteiger partial charge in [-0.1, -0.05) is 42.5 Å². The van der Waals surface area contributed by atoms with Crippen LogP contribution in [0, 0.1) is 11.3 Å². The molecule has 2 saturated carbocycles. The molecule has 2 aliphatic carbocycles. The lowest BCUT2D eigenvalue weighted by Crippen LogP contribution is -2.57. The Labute approximate surface area is 150 Å². The highest BCUT2D eigenvalue weighted by Gasteiger charge is 2.42. The highest BCUT2D eigenvalue weighted by Crippen LogP contribution is 2.41. The lowest BCUT2D eigenvalue weighted by molar-refractivity contribution is 0.176. The van der Waals surface area contributed by atoms with Crippen LogP contribution in [0.25, 0.3) is 0 Å². The molecule has 0 unspecified atom stereocenters. The number of hydrogen-bond acceptors (Lipinski definition) is 3. The number of hydrogen-bond donors (Lipinski definition) is 2. The Hall–Kier alpha value is -2.15. The van der Waals surface area contributed by atoms with E-state index in [9.17, 15) is 0 Å². The van der Waals surface area contributed by atoms with E-state index in [0.29, 0.717) is 12.0 Å². The van der Waals surface area contributed by atoms with Crippen molar-refractivity contribution in [3.8, 4) is 6.07 Å². The van der Waals surface area contributed by atoms with Crippen LogP contribution in [-0.4, -0.2) is 18.1 Å². The van der Waals surface area contributed by atoms with Crippen LogP contribution in [0.5, 0.6) is 0 Å². The zero-order valence-corrected chi connectivity index (χ0v) is 14.5. The van der Waals surface area contributed by atoms with Crippen LogP contribution >= 0.6 is 0 Å². The average Bonchev–Trinajstić information content (AvgIpc) is 3.41. The second-order valence-corrected chi connectivity index (χ2v) is 7.54. The fraction of sp³-hybridized carbons (Fsp3) is 0.409. The summed E-state index contributed by atoms with van der Waals surface area (Å²) < 4.78 is 0. The van der Waals surface area contributed by atoms with Gasteiger partial charge >= 0.3 is 0 Å². The number of benzene rings is 2. The molecule has 0 spiro atoms. The summed E-state index contributed by atoms with van der Waals surface area (Å²) in [5.74, 6) is 0.692. The molecular formula is C22H25N3. The van der Waals surface area contributed by atoms with Gasteiger partial charge in [0.25, 0.3) is 0 Å². The highest BCUT2D eigenvalue weighted by atomic mass is 15.1. The third kappa shape index (κ3) is 3.76. The molecule has 0 aliphatic heterocycles. The topological polar surface area (TPSA) is 47.9 Å². The van der Waals surface area contributed by atoms with Gasteiger partial charge in [-0.15, -0.1) is 0 Å². The number of nitrogens with zero attached hydrogens (tertiary/aromatic N) is 1. The number of rotatable bonds is 7. The summed E-state index contributed by atoms with van der Waals surface area (Å²) in [6, 6.07) is 21.6. The Bertz CT molecular complexity index is 741. The summed E-state index contributed by atoms with van der Waals surface area (Å²) in [6.07, 6.45) is 5.07. The molecule has 2 aliphatic rings. The lowest BCUT2D eigenvalue weighted by atomic mass is 9.76. The quantitative estimate of drug-likeness (QED) is 0.813. The van der Waals surface area contributed by atoms with Gasteiger partial charge in [0, 0.05) is 30.6 Å². The third-order valence-corrected chi connectivity index (χ3v) is 5.78. The van der Waals surface area contributed by atoms with Crippen LogP contribution in [0.3, 0.4) is 0 Å². The standard InChI is InChI=1S/C22H25N3/c23-14-17-7-9-18(10-8-17)15-25-22(11-4-12-22)16-24-21-13-20(21)19-5-2-1-3-6-19/h1-3,5-10,20-21,24-25H,4,11-13,15-16H2/t20-,21+/m1/s1. The van der Waals surface area contributed by atoms with E-state index < -0.39 is 0 Å². The Morgan fingerprint density at radius 3 is 2.44 bits per heavy atom. The maximum atomic E-state index is 8.89. The molecule has 0 saturated heterocycles. The normalized spacial score (nSPS) is 23.5. The van der Waals surface area contributed by atoms with Crippen molar-refractivity contribution in [2.45, 2.75) is 49.7 Å². The molecule has 0 heterocycles. The van der Waals surface area contributed by atoms with Gasteiger partial charge in [0.05, 0.1) is 11.6 Å². The van der Waals surface area contributed by atoms with Crippen LogP contribution in [0.2, 0.25) is 0 Å². The molecule has 0 bridgehead atoms. The highest BCUT2D eigenvalue weighted by molar-refractivity contribution is 5.31. The first kappa shape index (κ1) is 16.3. The van der Waals surface area contributed by atoms with Crippen LogP contribution in [0.1, 0.15) is 48.3 Å². The maximum Gasteiger partial charge on any atom is 0.0991 e. The third-order valence-electron chi connectivity index (χ3n) is 5.78. The van der Waals surface area contributed by atoms with Gasteiger partial charge in [-0.2, -0.15) is 5.26 Å². The van der Waals surface area contributed by atoms with Crippen molar-refractivity contribution in [1.82, 2.24) is 10.6 Å². The molecule has 0 amide bonds. The molecule has 2 N–H and O–H groups in total. The van der Waals surface area contributed by atoms with Gasteiger partial charge in [-0.3, -0.25) is 0 Å². The molecule has 3 nitrogen and oxygen atoms in total. The molecule has 2 aromatic carbocycles. The van der Waals surface area contributed by atoms with Crippen LogP contribution in [-0.2, 0) is 6.54 Å². The minimum Gasteiger partial charge on any atom is -0.312 e. The smallest absolute Gasteiger partial charge is 0.0991 e. The van der Waals surface area contributed by atoms with Crippen molar-refractivity contribution in [1.29, 1.82) is 5.26 Å². The maximum absolute atomic E-state index is 8.89. The van der Waals surface area contributed by atoms with Crippen molar-refractivity contribution >= 4 is 0 Å². The van der Waals surface area contributed by atoms with E-state index in [1.54, 1.807) is 0 Å². The fourth-order valence-electron chi connectivity index (χ4n) is 3.82. The van der Waals surface area contributed by atoms with Crippen LogP contribution in [0.4, 0.5) is 0 Å². The van der Waals surface area contributed by atoms with Gasteiger partial charge in [-0.25, -0.2) is 0 Å². The second kappa shape index (κ2) is 7.00. The molecule has 0 aromatic heterocycles. The molecule has 2 fully saturated rings. The summed E-state index contributed by atoms with van der Waals surface area (Å²) >= 11 is 0. The molecule has 2 atom stereocenters. The lowest BCUT2D eigenvalue weighted by Gasteiger charge is -2.43. The van der Waals surface area contributed by atoms with Crippen molar-refractivity contribution in [2.24, 2.45) is 0 Å². The fourth-order valence-corrected chi connectivity index (χ4v) is 3.82. The first-order valence-electron chi connectivity index (χ1n) is 9.30. The number of nitrogens with one attached hydrogen (secondary N) is 2. The molecule has 128 valence electrons. The Morgan fingerprint density at radius 1 is 1.04 bits per heavy atom. The van der Waals surface area contributed by atoms with E-state index in [2.05, 4.69) is 59.2 Å². The molecular weight excluding hydrogens is 306 g/mol. The van der Waals surface area contributed by atoms with E-state index >= 15 is 0 Å². The van der Waals surface area contributed by atoms with Crippen LogP contribution in [0.15, 0.2) is 54.6 Å². The van der Waals surface area contributed by atoms with E-state index in [0.717, 1.165) is 18.7 Å². The van der Waals surface area contributed by atoms with Gasteiger partial charge in [0.2, 0.25) is 0 Å². The van der Waals surface area contributed by atoms with Crippen molar-refractivity contribution in [2.75, 3.05) is 6.54 Å².